The molecule has 0 aliphatic carbocycles. The summed E-state index contributed by atoms with van der Waals surface area (Å²) in [5.41, 5.74) is 1.87. The third kappa shape index (κ3) is 7.28. The number of nitrogens with zero attached hydrogens (tertiary/aromatic N) is 2. The van der Waals surface area contributed by atoms with Gasteiger partial charge in [-0.25, -0.2) is 8.42 Å². The van der Waals surface area contributed by atoms with E-state index in [4.69, 9.17) is 23.2 Å². The first-order valence-electron chi connectivity index (χ1n) is 12.2. The summed E-state index contributed by atoms with van der Waals surface area (Å²) in [5.74, 6) is -0.867. The maximum atomic E-state index is 13.8. The Labute approximate surface area is 234 Å². The number of carbonyl (C=O) groups excluding carboxylic acids is 2. The maximum absolute atomic E-state index is 13.8. The third-order valence-corrected chi connectivity index (χ3v) is 8.52. The summed E-state index contributed by atoms with van der Waals surface area (Å²) in [6, 6.07) is 19.1. The van der Waals surface area contributed by atoms with E-state index in [1.165, 1.54) is 35.2 Å². The minimum atomic E-state index is -4.18. The number of hydrogen-bond donors (Lipinski definition) is 1. The van der Waals surface area contributed by atoms with Gasteiger partial charge in [-0.05, 0) is 56.2 Å². The molecule has 2 amide bonds. The molecule has 0 spiro atoms. The predicted molar refractivity (Wildman–Crippen MR) is 152 cm³/mol. The number of amides is 2. The van der Waals surface area contributed by atoms with E-state index in [1.807, 2.05) is 44.2 Å². The van der Waals surface area contributed by atoms with E-state index in [2.05, 4.69) is 5.32 Å². The molecule has 0 heterocycles. The lowest BCUT2D eigenvalue weighted by molar-refractivity contribution is -0.139. The Hall–Kier alpha value is -3.07. The van der Waals surface area contributed by atoms with Gasteiger partial charge in [0.1, 0.15) is 12.6 Å². The second kappa shape index (κ2) is 13.1. The molecule has 3 aromatic rings. The maximum Gasteiger partial charge on any atom is 0.264 e. The summed E-state index contributed by atoms with van der Waals surface area (Å²) in [4.78, 5) is 28.1. The molecule has 0 saturated carbocycles. The van der Waals surface area contributed by atoms with E-state index in [0.29, 0.717) is 6.54 Å². The average molecular weight is 577 g/mol. The number of rotatable bonds is 11. The number of aryl methyl sites for hydroxylation is 1. The van der Waals surface area contributed by atoms with Gasteiger partial charge in [0.05, 0.1) is 20.6 Å². The van der Waals surface area contributed by atoms with Gasteiger partial charge in [-0.1, -0.05) is 78.2 Å². The van der Waals surface area contributed by atoms with Crippen molar-refractivity contribution in [3.8, 4) is 0 Å². The molecule has 1 N–H and O–H groups in total. The molecule has 0 saturated heterocycles. The van der Waals surface area contributed by atoms with Crippen LogP contribution in [0.1, 0.15) is 31.4 Å². The van der Waals surface area contributed by atoms with Crippen LogP contribution in [0.3, 0.4) is 0 Å². The number of benzene rings is 3. The molecule has 0 aliphatic heterocycles. The lowest BCUT2D eigenvalue weighted by Crippen LogP contribution is -2.51. The zero-order valence-electron chi connectivity index (χ0n) is 21.5. The van der Waals surface area contributed by atoms with Gasteiger partial charge in [-0.3, -0.25) is 13.9 Å². The van der Waals surface area contributed by atoms with Crippen molar-refractivity contribution in [2.75, 3.05) is 17.4 Å². The van der Waals surface area contributed by atoms with E-state index in [9.17, 15) is 18.0 Å². The largest absolute Gasteiger partial charge is 0.354 e. The highest BCUT2D eigenvalue weighted by atomic mass is 35.5. The Bertz CT molecular complexity index is 1370. The standard InChI is InChI=1S/C28H31Cl2N3O4S/c1-4-16-31-28(35)21(3)32(18-22-8-6-5-7-9-22)27(34)19-33(23-12-15-25(29)26(30)17-23)38(36,37)24-13-10-20(2)11-14-24/h5-15,17,21H,4,16,18-19H2,1-3H3,(H,31,35). The van der Waals surface area contributed by atoms with E-state index in [-0.39, 0.29) is 33.1 Å². The van der Waals surface area contributed by atoms with E-state index >= 15 is 0 Å². The van der Waals surface area contributed by atoms with Crippen molar-refractivity contribution in [3.05, 3.63) is 94.0 Å². The number of sulfonamides is 1. The number of anilines is 1. The van der Waals surface area contributed by atoms with Gasteiger partial charge in [-0.2, -0.15) is 0 Å². The molecule has 0 aliphatic rings. The lowest BCUT2D eigenvalue weighted by atomic mass is 10.1. The Morgan fingerprint density at radius 2 is 1.61 bits per heavy atom. The van der Waals surface area contributed by atoms with Crippen LogP contribution in [0.25, 0.3) is 0 Å². The Kier molecular flexibility index (Phi) is 10.2. The van der Waals surface area contributed by atoms with Crippen LogP contribution >= 0.6 is 23.2 Å². The summed E-state index contributed by atoms with van der Waals surface area (Å²) in [7, 11) is -4.18. The fourth-order valence-corrected chi connectivity index (χ4v) is 5.46. The van der Waals surface area contributed by atoms with Crippen LogP contribution in [0, 0.1) is 6.92 Å². The van der Waals surface area contributed by atoms with Crippen molar-refractivity contribution >= 4 is 50.7 Å². The van der Waals surface area contributed by atoms with E-state index < -0.39 is 28.5 Å². The molecule has 7 nitrogen and oxygen atoms in total. The highest BCUT2D eigenvalue weighted by Crippen LogP contribution is 2.31. The molecular formula is C28H31Cl2N3O4S. The van der Waals surface area contributed by atoms with Crippen molar-refractivity contribution in [1.29, 1.82) is 0 Å². The van der Waals surface area contributed by atoms with Crippen LogP contribution < -0.4 is 9.62 Å². The molecular weight excluding hydrogens is 545 g/mol. The van der Waals surface area contributed by atoms with Gasteiger partial charge in [0, 0.05) is 13.1 Å². The highest BCUT2D eigenvalue weighted by molar-refractivity contribution is 7.92. The Morgan fingerprint density at radius 3 is 2.21 bits per heavy atom. The molecule has 0 bridgehead atoms. The van der Waals surface area contributed by atoms with Crippen molar-refractivity contribution in [1.82, 2.24) is 10.2 Å². The van der Waals surface area contributed by atoms with Crippen molar-refractivity contribution in [2.45, 2.75) is 44.7 Å². The summed E-state index contributed by atoms with van der Waals surface area (Å²) in [6.07, 6.45) is 0.741. The van der Waals surface area contributed by atoms with Crippen LogP contribution in [0.2, 0.25) is 10.0 Å². The zero-order chi connectivity index (χ0) is 27.9. The third-order valence-electron chi connectivity index (χ3n) is 5.99. The first-order chi connectivity index (χ1) is 18.0. The van der Waals surface area contributed by atoms with Gasteiger partial charge >= 0.3 is 0 Å². The summed E-state index contributed by atoms with van der Waals surface area (Å²) >= 11 is 12.3. The quantitative estimate of drug-likeness (QED) is 0.330. The van der Waals surface area contributed by atoms with Gasteiger partial charge in [-0.15, -0.1) is 0 Å². The first-order valence-corrected chi connectivity index (χ1v) is 14.4. The predicted octanol–water partition coefficient (Wildman–Crippen LogP) is 5.44. The number of carbonyl (C=O) groups is 2. The summed E-state index contributed by atoms with van der Waals surface area (Å²) in [6.45, 7) is 5.45. The van der Waals surface area contributed by atoms with Crippen molar-refractivity contribution < 1.29 is 18.0 Å². The van der Waals surface area contributed by atoms with E-state index in [1.54, 1.807) is 19.1 Å². The fourth-order valence-electron chi connectivity index (χ4n) is 3.77. The van der Waals surface area contributed by atoms with Gasteiger partial charge < -0.3 is 10.2 Å². The number of nitrogens with one attached hydrogen (secondary N) is 1. The minimum Gasteiger partial charge on any atom is -0.354 e. The smallest absolute Gasteiger partial charge is 0.264 e. The van der Waals surface area contributed by atoms with Crippen LogP contribution in [-0.2, 0) is 26.2 Å². The van der Waals surface area contributed by atoms with Crippen LogP contribution in [0.4, 0.5) is 5.69 Å². The molecule has 3 rings (SSSR count). The SMILES string of the molecule is CCCNC(=O)C(C)N(Cc1ccccc1)C(=O)CN(c1ccc(Cl)c(Cl)c1)S(=O)(=O)c1ccc(C)cc1. The molecule has 38 heavy (non-hydrogen) atoms. The number of hydrogen-bond acceptors (Lipinski definition) is 4. The topological polar surface area (TPSA) is 86.8 Å². The van der Waals surface area contributed by atoms with Gasteiger partial charge in [0.2, 0.25) is 11.8 Å². The van der Waals surface area contributed by atoms with Crippen LogP contribution in [0.15, 0.2) is 77.7 Å². The first kappa shape index (κ1) is 29.5. The Morgan fingerprint density at radius 1 is 0.947 bits per heavy atom. The van der Waals surface area contributed by atoms with Crippen molar-refractivity contribution in [2.24, 2.45) is 0 Å². The van der Waals surface area contributed by atoms with Crippen molar-refractivity contribution in [3.63, 3.8) is 0 Å². The normalized spacial score (nSPS) is 12.0. The molecule has 10 heteroatoms. The zero-order valence-corrected chi connectivity index (χ0v) is 23.9. The van der Waals surface area contributed by atoms with Crippen LogP contribution in [-0.4, -0.2) is 44.3 Å². The summed E-state index contributed by atoms with van der Waals surface area (Å²) in [5, 5.41) is 3.22. The average Bonchev–Trinajstić information content (AvgIpc) is 2.90. The summed E-state index contributed by atoms with van der Waals surface area (Å²) < 4.78 is 28.6. The molecule has 0 aromatic heterocycles. The molecule has 0 radical (unpaired) electrons. The van der Waals surface area contributed by atoms with E-state index in [0.717, 1.165) is 21.9 Å². The van der Waals surface area contributed by atoms with Crippen LogP contribution in [0.5, 0.6) is 0 Å². The second-order valence-electron chi connectivity index (χ2n) is 8.90. The molecule has 0 fully saturated rings. The highest BCUT2D eigenvalue weighted by Gasteiger charge is 2.32. The second-order valence-corrected chi connectivity index (χ2v) is 11.6. The monoisotopic (exact) mass is 575 g/mol. The Balaban J connectivity index is 2.03. The lowest BCUT2D eigenvalue weighted by Gasteiger charge is -2.32. The molecule has 202 valence electrons. The molecule has 3 aromatic carbocycles. The van der Waals surface area contributed by atoms with Gasteiger partial charge in [0.15, 0.2) is 0 Å². The molecule has 1 unspecified atom stereocenters. The van der Waals surface area contributed by atoms with Gasteiger partial charge in [0.25, 0.3) is 10.0 Å². The molecule has 1 atom stereocenters. The minimum absolute atomic E-state index is 0.0188. The number of halogens is 2. The fraction of sp³-hybridized carbons (Fsp3) is 0.286.